The van der Waals surface area contributed by atoms with E-state index in [1.807, 2.05) is 6.07 Å². The van der Waals surface area contributed by atoms with Gasteiger partial charge in [-0.05, 0) is 49.1 Å². The first-order chi connectivity index (χ1) is 14.4. The fourth-order valence-electron chi connectivity index (χ4n) is 3.82. The van der Waals surface area contributed by atoms with Gasteiger partial charge in [0.2, 0.25) is 0 Å². The number of hydrogen-bond acceptors (Lipinski definition) is 6. The van der Waals surface area contributed by atoms with Gasteiger partial charge in [-0.2, -0.15) is 0 Å². The Labute approximate surface area is 175 Å². The zero-order chi connectivity index (χ0) is 21.3. The summed E-state index contributed by atoms with van der Waals surface area (Å²) in [4.78, 5) is 14.5. The molecule has 30 heavy (non-hydrogen) atoms. The van der Waals surface area contributed by atoms with Gasteiger partial charge in [0.15, 0.2) is 11.5 Å². The monoisotopic (exact) mass is 432 g/mol. The normalized spacial score (nSPS) is 18.2. The van der Waals surface area contributed by atoms with Crippen molar-refractivity contribution in [2.24, 2.45) is 0 Å². The van der Waals surface area contributed by atoms with E-state index in [0.29, 0.717) is 30.3 Å². The van der Waals surface area contributed by atoms with Crippen molar-refractivity contribution in [3.8, 4) is 11.5 Å². The third-order valence-electron chi connectivity index (χ3n) is 5.37. The van der Waals surface area contributed by atoms with E-state index < -0.39 is 16.1 Å². The minimum atomic E-state index is -3.86. The maximum Gasteiger partial charge on any atom is 0.262 e. The summed E-state index contributed by atoms with van der Waals surface area (Å²) in [5.74, 6) is 0.700. The fraction of sp³-hybridized carbons (Fsp3) is 0.381. The lowest BCUT2D eigenvalue weighted by atomic mass is 10.1. The quantitative estimate of drug-likeness (QED) is 0.754. The number of sulfonamides is 1. The molecule has 2 aromatic rings. The van der Waals surface area contributed by atoms with E-state index in [1.165, 1.54) is 32.4 Å². The molecule has 0 aliphatic carbocycles. The van der Waals surface area contributed by atoms with E-state index in [0.717, 1.165) is 30.5 Å². The highest BCUT2D eigenvalue weighted by Crippen LogP contribution is 2.34. The van der Waals surface area contributed by atoms with Gasteiger partial charge in [-0.15, -0.1) is 0 Å². The second-order valence-corrected chi connectivity index (χ2v) is 8.89. The molecule has 1 saturated heterocycles. The Kier molecular flexibility index (Phi) is 5.57. The largest absolute Gasteiger partial charge is 0.493 e. The summed E-state index contributed by atoms with van der Waals surface area (Å²) in [6, 6.07) is 9.65. The van der Waals surface area contributed by atoms with Crippen LogP contribution in [0.5, 0.6) is 11.5 Å². The van der Waals surface area contributed by atoms with Crippen LogP contribution in [0.1, 0.15) is 18.4 Å². The number of hydrogen-bond donors (Lipinski definition) is 1. The molecule has 0 spiro atoms. The Morgan fingerprint density at radius 2 is 1.93 bits per heavy atom. The number of methoxy groups -OCH3 is 2. The Hall–Kier alpha value is -2.78. The van der Waals surface area contributed by atoms with Crippen LogP contribution in [0, 0.1) is 0 Å². The number of ether oxygens (including phenoxy) is 3. The lowest BCUT2D eigenvalue weighted by Gasteiger charge is -2.21. The van der Waals surface area contributed by atoms with Crippen LogP contribution in [0.2, 0.25) is 0 Å². The fourth-order valence-corrected chi connectivity index (χ4v) is 4.88. The molecular formula is C21H24N2O6S. The maximum atomic E-state index is 12.9. The first kappa shape index (κ1) is 20.5. The van der Waals surface area contributed by atoms with Crippen LogP contribution in [0.3, 0.4) is 0 Å². The zero-order valence-electron chi connectivity index (χ0n) is 16.9. The van der Waals surface area contributed by atoms with Crippen LogP contribution >= 0.6 is 0 Å². The highest BCUT2D eigenvalue weighted by Gasteiger charge is 2.33. The van der Waals surface area contributed by atoms with Crippen molar-refractivity contribution in [3.63, 3.8) is 0 Å². The van der Waals surface area contributed by atoms with E-state index in [1.54, 1.807) is 17.0 Å². The van der Waals surface area contributed by atoms with E-state index in [9.17, 15) is 13.2 Å². The molecule has 2 heterocycles. The predicted molar refractivity (Wildman–Crippen MR) is 112 cm³/mol. The number of carbonyl (C=O) groups is 1. The molecule has 160 valence electrons. The molecule has 4 rings (SSSR count). The van der Waals surface area contributed by atoms with Gasteiger partial charge in [0.05, 0.1) is 24.8 Å². The van der Waals surface area contributed by atoms with Gasteiger partial charge in [-0.3, -0.25) is 9.52 Å². The van der Waals surface area contributed by atoms with Gasteiger partial charge >= 0.3 is 0 Å². The van der Waals surface area contributed by atoms with Gasteiger partial charge < -0.3 is 19.1 Å². The minimum absolute atomic E-state index is 0.0490. The van der Waals surface area contributed by atoms with Gasteiger partial charge in [-0.1, -0.05) is 6.07 Å². The van der Waals surface area contributed by atoms with E-state index in [-0.39, 0.29) is 10.8 Å². The summed E-state index contributed by atoms with van der Waals surface area (Å²) in [5, 5.41) is 0. The van der Waals surface area contributed by atoms with Crippen LogP contribution in [0.25, 0.3) is 0 Å². The molecule has 0 radical (unpaired) electrons. The molecule has 9 heteroatoms. The molecule has 1 amide bonds. The average Bonchev–Trinajstić information content (AvgIpc) is 3.42. The van der Waals surface area contributed by atoms with E-state index in [4.69, 9.17) is 14.2 Å². The Balaban J connectivity index is 1.58. The van der Waals surface area contributed by atoms with Crippen LogP contribution in [0.15, 0.2) is 41.3 Å². The van der Waals surface area contributed by atoms with Crippen molar-refractivity contribution in [3.05, 3.63) is 42.0 Å². The van der Waals surface area contributed by atoms with Gasteiger partial charge in [0.1, 0.15) is 6.10 Å². The zero-order valence-corrected chi connectivity index (χ0v) is 17.7. The number of amides is 1. The van der Waals surface area contributed by atoms with Crippen LogP contribution in [-0.4, -0.2) is 47.8 Å². The summed E-state index contributed by atoms with van der Waals surface area (Å²) >= 11 is 0. The second-order valence-electron chi connectivity index (χ2n) is 7.21. The molecule has 2 aliphatic heterocycles. The molecule has 2 aromatic carbocycles. The first-order valence-corrected chi connectivity index (χ1v) is 11.2. The smallest absolute Gasteiger partial charge is 0.262 e. The molecule has 1 atom stereocenters. The van der Waals surface area contributed by atoms with Crippen LogP contribution < -0.4 is 19.1 Å². The predicted octanol–water partition coefficient (Wildman–Crippen LogP) is 2.57. The molecular weight excluding hydrogens is 408 g/mol. The Morgan fingerprint density at radius 3 is 2.63 bits per heavy atom. The average molecular weight is 432 g/mol. The molecule has 2 aliphatic rings. The number of benzene rings is 2. The number of nitrogens with zero attached hydrogens (tertiary/aromatic N) is 1. The van der Waals surface area contributed by atoms with Crippen LogP contribution in [-0.2, 0) is 26.0 Å². The molecule has 0 aromatic heterocycles. The lowest BCUT2D eigenvalue weighted by molar-refractivity contribution is -0.127. The van der Waals surface area contributed by atoms with Crippen molar-refractivity contribution < 1.29 is 27.4 Å². The summed E-state index contributed by atoms with van der Waals surface area (Å²) in [6.07, 6.45) is 1.91. The van der Waals surface area contributed by atoms with Crippen molar-refractivity contribution >= 4 is 27.3 Å². The molecule has 0 saturated carbocycles. The van der Waals surface area contributed by atoms with E-state index in [2.05, 4.69) is 4.72 Å². The van der Waals surface area contributed by atoms with Crippen molar-refractivity contribution in [2.75, 3.05) is 37.0 Å². The van der Waals surface area contributed by atoms with Gasteiger partial charge in [0, 0.05) is 24.9 Å². The molecule has 8 nitrogen and oxygen atoms in total. The number of fused-ring (bicyclic) bond motifs is 1. The molecule has 1 N–H and O–H groups in total. The van der Waals surface area contributed by atoms with E-state index >= 15 is 0 Å². The van der Waals surface area contributed by atoms with Crippen molar-refractivity contribution in [2.45, 2.75) is 30.3 Å². The second kappa shape index (κ2) is 8.16. The first-order valence-electron chi connectivity index (χ1n) is 9.73. The van der Waals surface area contributed by atoms with Gasteiger partial charge in [0.25, 0.3) is 15.9 Å². The Bertz CT molecular complexity index is 1060. The molecule has 1 unspecified atom stereocenters. The SMILES string of the molecule is COc1ccc(S(=O)(=O)Nc2ccc3c(c2)N(C(=O)C2CCCO2)CC3)cc1OC. The topological polar surface area (TPSA) is 94.2 Å². The third-order valence-corrected chi connectivity index (χ3v) is 6.75. The highest BCUT2D eigenvalue weighted by molar-refractivity contribution is 7.92. The lowest BCUT2D eigenvalue weighted by Crippen LogP contribution is -2.37. The number of carbonyl (C=O) groups excluding carboxylic acids is 1. The standard InChI is InChI=1S/C21H24N2O6S/c1-27-18-8-7-16(13-20(18)28-2)30(25,26)22-15-6-5-14-9-10-23(17(14)12-15)21(24)19-4-3-11-29-19/h5-8,12-13,19,22H,3-4,9-11H2,1-2H3. The minimum Gasteiger partial charge on any atom is -0.493 e. The maximum absolute atomic E-state index is 12.9. The summed E-state index contributed by atoms with van der Waals surface area (Å²) in [7, 11) is -0.925. The Morgan fingerprint density at radius 1 is 1.13 bits per heavy atom. The summed E-state index contributed by atoms with van der Waals surface area (Å²) < 4.78 is 44.2. The molecule has 1 fully saturated rings. The number of rotatable bonds is 6. The number of nitrogens with one attached hydrogen (secondary N) is 1. The summed E-state index contributed by atoms with van der Waals surface area (Å²) in [5.41, 5.74) is 2.12. The van der Waals surface area contributed by atoms with Crippen molar-refractivity contribution in [1.82, 2.24) is 0 Å². The molecule has 0 bridgehead atoms. The summed E-state index contributed by atoms with van der Waals surface area (Å²) in [6.45, 7) is 1.17. The highest BCUT2D eigenvalue weighted by atomic mass is 32.2. The van der Waals surface area contributed by atoms with Crippen molar-refractivity contribution in [1.29, 1.82) is 0 Å². The van der Waals surface area contributed by atoms with Crippen LogP contribution in [0.4, 0.5) is 11.4 Å². The number of anilines is 2. The van der Waals surface area contributed by atoms with Gasteiger partial charge in [-0.25, -0.2) is 8.42 Å². The third kappa shape index (κ3) is 3.82.